The van der Waals surface area contributed by atoms with Gasteiger partial charge in [0, 0.05) is 32.3 Å². The highest BCUT2D eigenvalue weighted by Gasteiger charge is 2.18. The molecule has 1 fully saturated rings. The topological polar surface area (TPSA) is 32.7 Å². The van der Waals surface area contributed by atoms with Crippen molar-refractivity contribution in [2.75, 3.05) is 26.8 Å². The normalized spacial score (nSPS) is 16.9. The number of ether oxygens (including phenoxy) is 1. The largest absolute Gasteiger partial charge is 0.384 e. The average Bonchev–Trinajstić information content (AvgIpc) is 2.46. The molecule has 1 aliphatic heterocycles. The molecule has 1 heterocycles. The zero-order valence-corrected chi connectivity index (χ0v) is 11.4. The van der Waals surface area contributed by atoms with Gasteiger partial charge in [-0.15, -0.1) is 0 Å². The van der Waals surface area contributed by atoms with E-state index in [1.165, 1.54) is 5.56 Å². The van der Waals surface area contributed by atoms with Crippen LogP contribution in [-0.4, -0.2) is 42.9 Å². The zero-order valence-electron chi connectivity index (χ0n) is 11.4. The Morgan fingerprint density at radius 2 is 2.16 bits per heavy atom. The number of hydrogen-bond donors (Lipinski definition) is 1. The van der Waals surface area contributed by atoms with E-state index in [1.807, 2.05) is 12.1 Å². The summed E-state index contributed by atoms with van der Waals surface area (Å²) in [6, 6.07) is 8.24. The lowest BCUT2D eigenvalue weighted by Crippen LogP contribution is -2.36. The lowest BCUT2D eigenvalue weighted by atomic mass is 10.1. The maximum atomic E-state index is 8.71. The molecule has 1 N–H and O–H groups in total. The Kier molecular flexibility index (Phi) is 5.41. The molecule has 0 spiro atoms. The molecule has 0 aliphatic carbocycles. The maximum absolute atomic E-state index is 8.71. The summed E-state index contributed by atoms with van der Waals surface area (Å²) in [6.07, 6.45) is 2.65. The molecule has 0 unspecified atom stereocenters. The van der Waals surface area contributed by atoms with Crippen molar-refractivity contribution in [1.29, 1.82) is 0 Å². The number of benzene rings is 1. The van der Waals surface area contributed by atoms with Crippen molar-refractivity contribution >= 4 is 0 Å². The number of aliphatic hydroxyl groups is 1. The molecule has 1 aromatic carbocycles. The molecule has 3 nitrogen and oxygen atoms in total. The first-order valence-corrected chi connectivity index (χ1v) is 6.75. The van der Waals surface area contributed by atoms with E-state index in [9.17, 15) is 0 Å². The monoisotopic (exact) mass is 259 g/mol. The fourth-order valence-electron chi connectivity index (χ4n) is 2.45. The van der Waals surface area contributed by atoms with Crippen molar-refractivity contribution in [3.63, 3.8) is 0 Å². The molecule has 0 saturated carbocycles. The lowest BCUT2D eigenvalue weighted by molar-refractivity contribution is 0.0388. The Morgan fingerprint density at radius 1 is 1.37 bits per heavy atom. The molecule has 19 heavy (non-hydrogen) atoms. The Bertz CT molecular complexity index is 453. The van der Waals surface area contributed by atoms with Crippen molar-refractivity contribution in [3.8, 4) is 11.8 Å². The van der Waals surface area contributed by atoms with Crippen molar-refractivity contribution in [1.82, 2.24) is 4.90 Å². The minimum atomic E-state index is -0.0885. The molecule has 0 bridgehead atoms. The summed E-state index contributed by atoms with van der Waals surface area (Å²) in [5.74, 6) is 5.63. The van der Waals surface area contributed by atoms with Crippen LogP contribution in [-0.2, 0) is 11.3 Å². The van der Waals surface area contributed by atoms with Gasteiger partial charge in [-0.25, -0.2) is 0 Å². The Labute approximate surface area is 115 Å². The van der Waals surface area contributed by atoms with Gasteiger partial charge in [0.25, 0.3) is 0 Å². The van der Waals surface area contributed by atoms with Crippen LogP contribution in [0, 0.1) is 11.8 Å². The van der Waals surface area contributed by atoms with Gasteiger partial charge in [0.2, 0.25) is 0 Å². The summed E-state index contributed by atoms with van der Waals surface area (Å²) in [5, 5.41) is 8.71. The Hall–Kier alpha value is -1.34. The van der Waals surface area contributed by atoms with Crippen LogP contribution in [0.2, 0.25) is 0 Å². The summed E-state index contributed by atoms with van der Waals surface area (Å²) in [7, 11) is 1.80. The highest BCUT2D eigenvalue weighted by atomic mass is 16.5. The third-order valence-corrected chi connectivity index (χ3v) is 3.51. The highest BCUT2D eigenvalue weighted by Crippen LogP contribution is 2.16. The number of hydrogen-bond acceptors (Lipinski definition) is 3. The summed E-state index contributed by atoms with van der Waals surface area (Å²) in [5.41, 5.74) is 2.25. The molecular weight excluding hydrogens is 238 g/mol. The van der Waals surface area contributed by atoms with Gasteiger partial charge in [-0.05, 0) is 30.5 Å². The number of nitrogens with zero attached hydrogens (tertiary/aromatic N) is 1. The molecule has 1 aliphatic rings. The van der Waals surface area contributed by atoms with E-state index < -0.39 is 0 Å². The molecule has 0 radical (unpaired) electrons. The summed E-state index contributed by atoms with van der Waals surface area (Å²) in [6.45, 7) is 3.05. The van der Waals surface area contributed by atoms with E-state index in [0.717, 1.165) is 38.0 Å². The van der Waals surface area contributed by atoms with Crippen LogP contribution in [0.4, 0.5) is 0 Å². The molecular formula is C16H21NO2. The molecule has 0 aromatic heterocycles. The van der Waals surface area contributed by atoms with Gasteiger partial charge < -0.3 is 9.84 Å². The quantitative estimate of drug-likeness (QED) is 0.838. The molecule has 2 rings (SSSR count). The minimum absolute atomic E-state index is 0.0885. The van der Waals surface area contributed by atoms with E-state index in [-0.39, 0.29) is 6.61 Å². The van der Waals surface area contributed by atoms with Gasteiger partial charge in [-0.1, -0.05) is 24.0 Å². The van der Waals surface area contributed by atoms with Crippen LogP contribution in [0.1, 0.15) is 24.0 Å². The van der Waals surface area contributed by atoms with E-state index in [0.29, 0.717) is 6.10 Å². The highest BCUT2D eigenvalue weighted by molar-refractivity contribution is 5.37. The smallest absolute Gasteiger partial charge is 0.104 e. The number of aliphatic hydroxyl groups excluding tert-OH is 1. The maximum Gasteiger partial charge on any atom is 0.104 e. The first-order chi connectivity index (χ1) is 9.31. The molecule has 0 amide bonds. The van der Waals surface area contributed by atoms with Gasteiger partial charge in [-0.3, -0.25) is 4.90 Å². The molecule has 102 valence electrons. The van der Waals surface area contributed by atoms with Gasteiger partial charge >= 0.3 is 0 Å². The van der Waals surface area contributed by atoms with Crippen molar-refractivity contribution in [3.05, 3.63) is 35.4 Å². The number of methoxy groups -OCH3 is 1. The zero-order chi connectivity index (χ0) is 13.5. The van der Waals surface area contributed by atoms with Crippen LogP contribution in [0.3, 0.4) is 0 Å². The Morgan fingerprint density at radius 3 is 2.84 bits per heavy atom. The first-order valence-electron chi connectivity index (χ1n) is 6.75. The number of piperidine rings is 1. The van der Waals surface area contributed by atoms with E-state index in [1.54, 1.807) is 7.11 Å². The van der Waals surface area contributed by atoms with Gasteiger partial charge in [-0.2, -0.15) is 0 Å². The second-order valence-electron chi connectivity index (χ2n) is 4.87. The second kappa shape index (κ2) is 7.30. The van der Waals surface area contributed by atoms with Crippen molar-refractivity contribution in [2.45, 2.75) is 25.5 Å². The van der Waals surface area contributed by atoms with Gasteiger partial charge in [0.15, 0.2) is 0 Å². The predicted octanol–water partition coefficient (Wildman–Crippen LogP) is 1.64. The van der Waals surface area contributed by atoms with Gasteiger partial charge in [0.1, 0.15) is 6.61 Å². The number of rotatable bonds is 3. The molecule has 0 atom stereocenters. The average molecular weight is 259 g/mol. The summed E-state index contributed by atoms with van der Waals surface area (Å²) >= 11 is 0. The SMILES string of the molecule is COC1CCN(Cc2cccc(C#CCO)c2)CC1. The first kappa shape index (κ1) is 14.1. The Balaban J connectivity index is 1.92. The van der Waals surface area contributed by atoms with Crippen LogP contribution < -0.4 is 0 Å². The standard InChI is InChI=1S/C16H21NO2/c1-19-16-7-9-17(10-8-16)13-15-5-2-4-14(12-15)6-3-11-18/h2,4-5,12,16,18H,7-11,13H2,1H3. The number of likely N-dealkylation sites (tertiary alicyclic amines) is 1. The van der Waals surface area contributed by atoms with E-state index in [4.69, 9.17) is 9.84 Å². The van der Waals surface area contributed by atoms with Crippen LogP contribution in [0.25, 0.3) is 0 Å². The lowest BCUT2D eigenvalue weighted by Gasteiger charge is -2.31. The molecule has 3 heteroatoms. The van der Waals surface area contributed by atoms with Crippen LogP contribution in [0.5, 0.6) is 0 Å². The summed E-state index contributed by atoms with van der Waals surface area (Å²) in [4.78, 5) is 2.45. The third kappa shape index (κ3) is 4.36. The second-order valence-corrected chi connectivity index (χ2v) is 4.87. The van der Waals surface area contributed by atoms with Crippen molar-refractivity contribution in [2.24, 2.45) is 0 Å². The molecule has 1 aromatic rings. The summed E-state index contributed by atoms with van der Waals surface area (Å²) < 4.78 is 5.38. The third-order valence-electron chi connectivity index (χ3n) is 3.51. The van der Waals surface area contributed by atoms with E-state index >= 15 is 0 Å². The fourth-order valence-corrected chi connectivity index (χ4v) is 2.45. The molecule has 1 saturated heterocycles. The van der Waals surface area contributed by atoms with Crippen molar-refractivity contribution < 1.29 is 9.84 Å². The minimum Gasteiger partial charge on any atom is -0.384 e. The predicted molar refractivity (Wildman–Crippen MR) is 75.7 cm³/mol. The van der Waals surface area contributed by atoms with E-state index in [2.05, 4.69) is 28.9 Å². The van der Waals surface area contributed by atoms with Crippen LogP contribution >= 0.6 is 0 Å². The van der Waals surface area contributed by atoms with Gasteiger partial charge in [0.05, 0.1) is 6.10 Å². The van der Waals surface area contributed by atoms with Crippen LogP contribution in [0.15, 0.2) is 24.3 Å². The fraction of sp³-hybridized carbons (Fsp3) is 0.500.